The van der Waals surface area contributed by atoms with Gasteiger partial charge in [-0.3, -0.25) is 9.59 Å². The van der Waals surface area contributed by atoms with Crippen molar-refractivity contribution in [2.75, 3.05) is 13.2 Å². The summed E-state index contributed by atoms with van der Waals surface area (Å²) in [4.78, 5) is 23.3. The number of aliphatic hydroxyl groups excluding tert-OH is 1. The largest absolute Gasteiger partial charge is 0.466 e. The molecular weight excluding hydrogens is 532 g/mol. The third kappa shape index (κ3) is 8.76. The molecule has 0 bridgehead atoms. The van der Waals surface area contributed by atoms with Crippen LogP contribution in [0.2, 0.25) is 5.04 Å². The molecule has 2 aliphatic rings. The summed E-state index contributed by atoms with van der Waals surface area (Å²) in [7, 11) is -2.52. The summed E-state index contributed by atoms with van der Waals surface area (Å²) in [5, 5.41) is 11.8. The number of esters is 2. The molecule has 2 saturated carbocycles. The molecule has 41 heavy (non-hydrogen) atoms. The minimum absolute atomic E-state index is 0.0201. The van der Waals surface area contributed by atoms with Crippen molar-refractivity contribution < 1.29 is 28.6 Å². The van der Waals surface area contributed by atoms with Gasteiger partial charge in [-0.2, -0.15) is 0 Å². The maximum absolute atomic E-state index is 12.1. The molecule has 0 saturated heterocycles. The first kappa shape index (κ1) is 33.0. The molecular formula is C34H50O6Si. The van der Waals surface area contributed by atoms with Crippen LogP contribution in [0.4, 0.5) is 0 Å². The lowest BCUT2D eigenvalue weighted by atomic mass is 9.87. The molecule has 0 spiro atoms. The van der Waals surface area contributed by atoms with E-state index in [0.717, 1.165) is 51.4 Å². The lowest BCUT2D eigenvalue weighted by Crippen LogP contribution is -2.67. The third-order valence-corrected chi connectivity index (χ3v) is 13.5. The first-order chi connectivity index (χ1) is 19.6. The lowest BCUT2D eigenvalue weighted by Gasteiger charge is -2.46. The molecule has 0 atom stereocenters. The average Bonchev–Trinajstić information content (AvgIpc) is 2.97. The van der Waals surface area contributed by atoms with Gasteiger partial charge in [-0.1, -0.05) is 81.4 Å². The van der Waals surface area contributed by atoms with E-state index in [1.165, 1.54) is 10.4 Å². The maximum atomic E-state index is 12.1. The van der Waals surface area contributed by atoms with E-state index in [2.05, 4.69) is 81.4 Å². The Bertz CT molecular complexity index is 1010. The summed E-state index contributed by atoms with van der Waals surface area (Å²) >= 11 is 0. The molecule has 0 aromatic heterocycles. The Balaban J connectivity index is 0.000000322. The van der Waals surface area contributed by atoms with E-state index in [1.54, 1.807) is 0 Å². The van der Waals surface area contributed by atoms with Crippen LogP contribution in [0.1, 0.15) is 86.0 Å². The lowest BCUT2D eigenvalue weighted by molar-refractivity contribution is -0.150. The van der Waals surface area contributed by atoms with Crippen molar-refractivity contribution in [3.8, 4) is 0 Å². The van der Waals surface area contributed by atoms with Crippen molar-refractivity contribution in [3.05, 3.63) is 60.7 Å². The molecule has 2 aromatic rings. The van der Waals surface area contributed by atoms with Crippen molar-refractivity contribution in [1.29, 1.82) is 0 Å². The zero-order valence-corrected chi connectivity index (χ0v) is 26.6. The molecule has 0 amide bonds. The van der Waals surface area contributed by atoms with Crippen LogP contribution in [0.25, 0.3) is 0 Å². The van der Waals surface area contributed by atoms with Gasteiger partial charge in [0.25, 0.3) is 8.32 Å². The van der Waals surface area contributed by atoms with Gasteiger partial charge < -0.3 is 19.0 Å². The molecule has 0 aliphatic heterocycles. The Kier molecular flexibility index (Phi) is 12.6. The van der Waals surface area contributed by atoms with Crippen LogP contribution in [0.3, 0.4) is 0 Å². The Morgan fingerprint density at radius 3 is 1.46 bits per heavy atom. The highest BCUT2D eigenvalue weighted by Crippen LogP contribution is 2.40. The maximum Gasteiger partial charge on any atom is 0.308 e. The molecule has 4 rings (SSSR count). The zero-order chi connectivity index (χ0) is 29.9. The molecule has 2 aromatic carbocycles. The quantitative estimate of drug-likeness (QED) is 0.314. The summed E-state index contributed by atoms with van der Waals surface area (Å²) in [6.07, 6.45) is 6.53. The first-order valence-corrected chi connectivity index (χ1v) is 17.3. The van der Waals surface area contributed by atoms with Gasteiger partial charge in [-0.15, -0.1) is 0 Å². The highest BCUT2D eigenvalue weighted by atomic mass is 28.4. The second kappa shape index (κ2) is 15.7. The first-order valence-electron chi connectivity index (χ1n) is 15.4. The van der Waals surface area contributed by atoms with Gasteiger partial charge in [0.15, 0.2) is 0 Å². The van der Waals surface area contributed by atoms with Crippen LogP contribution in [0.5, 0.6) is 0 Å². The minimum atomic E-state index is -2.52. The van der Waals surface area contributed by atoms with E-state index in [9.17, 15) is 14.7 Å². The molecule has 2 fully saturated rings. The van der Waals surface area contributed by atoms with E-state index < -0.39 is 8.32 Å². The van der Waals surface area contributed by atoms with Crippen molar-refractivity contribution in [1.82, 2.24) is 0 Å². The highest BCUT2D eigenvalue weighted by molar-refractivity contribution is 6.99. The summed E-state index contributed by atoms with van der Waals surface area (Å²) in [5.74, 6) is -0.0805. The number of ether oxygens (including phenoxy) is 2. The van der Waals surface area contributed by atoms with Crippen LogP contribution in [0, 0.1) is 11.8 Å². The average molecular weight is 583 g/mol. The van der Waals surface area contributed by atoms with E-state index in [0.29, 0.717) is 13.2 Å². The third-order valence-electron chi connectivity index (χ3n) is 8.37. The van der Waals surface area contributed by atoms with Crippen molar-refractivity contribution in [2.45, 2.75) is 103 Å². The van der Waals surface area contributed by atoms with Crippen LogP contribution in [-0.2, 0) is 23.5 Å². The van der Waals surface area contributed by atoms with E-state index in [4.69, 9.17) is 13.9 Å². The van der Waals surface area contributed by atoms with E-state index in [-0.39, 0.29) is 41.0 Å². The van der Waals surface area contributed by atoms with Crippen LogP contribution < -0.4 is 10.4 Å². The van der Waals surface area contributed by atoms with Gasteiger partial charge >= 0.3 is 11.9 Å². The summed E-state index contributed by atoms with van der Waals surface area (Å²) in [5.41, 5.74) is 0. The predicted octanol–water partition coefficient (Wildman–Crippen LogP) is 5.79. The van der Waals surface area contributed by atoms with Gasteiger partial charge in [0.05, 0.1) is 31.2 Å². The Labute approximate surface area is 247 Å². The summed E-state index contributed by atoms with van der Waals surface area (Å²) in [6, 6.07) is 21.5. The number of hydrogen-bond acceptors (Lipinski definition) is 6. The number of benzene rings is 2. The molecule has 1 N–H and O–H groups in total. The fourth-order valence-electron chi connectivity index (χ4n) is 6.19. The van der Waals surface area contributed by atoms with Crippen LogP contribution >= 0.6 is 0 Å². The smallest absolute Gasteiger partial charge is 0.308 e. The zero-order valence-electron chi connectivity index (χ0n) is 25.6. The molecule has 7 heteroatoms. The molecule has 6 nitrogen and oxygen atoms in total. The summed E-state index contributed by atoms with van der Waals surface area (Å²) < 4.78 is 17.3. The standard InChI is InChI=1S/C25H34O3Si.C9H16O3/c1-5-27-24(26)20-16-18-21(19-17-20)28-29(25(2,3)4,22-12-8-6-9-13-22)23-14-10-7-11-15-23;1-2-12-9(11)7-3-5-8(10)6-4-7/h6-15,20-21H,5,16-19H2,1-4H3;7-8,10H,2-6H2,1H3. The number of carbonyl (C=O) groups excluding carboxylic acids is 2. The van der Waals surface area contributed by atoms with E-state index >= 15 is 0 Å². The topological polar surface area (TPSA) is 82.1 Å². The number of carbonyl (C=O) groups is 2. The number of rotatable bonds is 8. The molecule has 226 valence electrons. The van der Waals surface area contributed by atoms with Gasteiger partial charge in [0, 0.05) is 6.10 Å². The number of hydrogen-bond donors (Lipinski definition) is 1. The predicted molar refractivity (Wildman–Crippen MR) is 166 cm³/mol. The van der Waals surface area contributed by atoms with Crippen LogP contribution in [-0.4, -0.2) is 50.8 Å². The molecule has 0 radical (unpaired) electrons. The second-order valence-electron chi connectivity index (χ2n) is 12.3. The summed E-state index contributed by atoms with van der Waals surface area (Å²) in [6.45, 7) is 11.5. The Hall–Kier alpha value is -2.48. The Morgan fingerprint density at radius 2 is 1.10 bits per heavy atom. The van der Waals surface area contributed by atoms with Crippen LogP contribution in [0.15, 0.2) is 60.7 Å². The minimum Gasteiger partial charge on any atom is -0.466 e. The van der Waals surface area contributed by atoms with Crippen molar-refractivity contribution in [3.63, 3.8) is 0 Å². The van der Waals surface area contributed by atoms with Gasteiger partial charge in [-0.05, 0) is 80.6 Å². The monoisotopic (exact) mass is 582 g/mol. The molecule has 0 heterocycles. The van der Waals surface area contributed by atoms with Gasteiger partial charge in [0.2, 0.25) is 0 Å². The van der Waals surface area contributed by atoms with Gasteiger partial charge in [0.1, 0.15) is 0 Å². The molecule has 0 unspecified atom stereocenters. The van der Waals surface area contributed by atoms with Crippen molar-refractivity contribution in [2.24, 2.45) is 11.8 Å². The Morgan fingerprint density at radius 1 is 0.707 bits per heavy atom. The fraction of sp³-hybridized carbons (Fsp3) is 0.588. The van der Waals surface area contributed by atoms with E-state index in [1.807, 2.05) is 13.8 Å². The SMILES string of the molecule is CCOC(=O)C1CCC(O)CC1.CCOC(=O)C1CCC(O[Si](c2ccccc2)(c2ccccc2)C(C)(C)C)CC1. The normalized spacial score (nSPS) is 23.1. The highest BCUT2D eigenvalue weighted by Gasteiger charge is 2.51. The van der Waals surface area contributed by atoms with Crippen molar-refractivity contribution >= 4 is 30.6 Å². The molecule has 2 aliphatic carbocycles. The van der Waals surface area contributed by atoms with Gasteiger partial charge in [-0.25, -0.2) is 0 Å². The fourth-order valence-corrected chi connectivity index (χ4v) is 10.9. The number of aliphatic hydroxyl groups is 1. The second-order valence-corrected chi connectivity index (χ2v) is 16.5.